The van der Waals surface area contributed by atoms with Crippen LogP contribution in [0.2, 0.25) is 0 Å². The fourth-order valence-electron chi connectivity index (χ4n) is 1.38. The number of amides is 1. The number of carbonyl (C=O) groups is 1. The molecule has 0 spiro atoms. The second-order valence-electron chi connectivity index (χ2n) is 4.95. The SMILES string of the molecule is CCCNc1nc(NCC(=O)NCC(C)C)nc(OC)n1. The number of nitrogens with one attached hydrogen (secondary N) is 3. The molecule has 0 aromatic carbocycles. The Kier molecular flexibility index (Phi) is 7.20. The zero-order valence-electron chi connectivity index (χ0n) is 13.1. The molecule has 0 bridgehead atoms. The zero-order chi connectivity index (χ0) is 15.7. The molecular formula is C13H24N6O2. The van der Waals surface area contributed by atoms with E-state index in [1.165, 1.54) is 7.11 Å². The quantitative estimate of drug-likeness (QED) is 0.622. The number of rotatable bonds is 9. The Labute approximate surface area is 125 Å². The average molecular weight is 296 g/mol. The number of anilines is 2. The minimum absolute atomic E-state index is 0.104. The maximum absolute atomic E-state index is 11.6. The molecule has 0 saturated carbocycles. The van der Waals surface area contributed by atoms with Crippen LogP contribution in [0, 0.1) is 5.92 Å². The summed E-state index contributed by atoms with van der Waals surface area (Å²) in [5, 5.41) is 8.73. The van der Waals surface area contributed by atoms with Gasteiger partial charge in [0, 0.05) is 13.1 Å². The first-order valence-corrected chi connectivity index (χ1v) is 7.09. The summed E-state index contributed by atoms with van der Waals surface area (Å²) < 4.78 is 5.02. The lowest BCUT2D eigenvalue weighted by Crippen LogP contribution is -2.32. The van der Waals surface area contributed by atoms with Crippen LogP contribution in [0.4, 0.5) is 11.9 Å². The van der Waals surface area contributed by atoms with Gasteiger partial charge in [0.25, 0.3) is 0 Å². The van der Waals surface area contributed by atoms with E-state index in [2.05, 4.69) is 30.9 Å². The molecule has 0 aliphatic carbocycles. The predicted octanol–water partition coefficient (Wildman–Crippen LogP) is 0.886. The summed E-state index contributed by atoms with van der Waals surface area (Å²) in [4.78, 5) is 24.0. The Morgan fingerprint density at radius 3 is 2.43 bits per heavy atom. The van der Waals surface area contributed by atoms with Gasteiger partial charge in [-0.3, -0.25) is 4.79 Å². The molecule has 1 amide bonds. The molecule has 3 N–H and O–H groups in total. The number of methoxy groups -OCH3 is 1. The molecule has 8 nitrogen and oxygen atoms in total. The van der Waals surface area contributed by atoms with Gasteiger partial charge in [0.05, 0.1) is 13.7 Å². The fourth-order valence-corrected chi connectivity index (χ4v) is 1.38. The molecule has 1 aromatic rings. The van der Waals surface area contributed by atoms with E-state index in [1.807, 2.05) is 20.8 Å². The standard InChI is InChI=1S/C13H24N6O2/c1-5-6-14-11-17-12(19-13(18-11)21-4)16-8-10(20)15-7-9(2)3/h9H,5-8H2,1-4H3,(H,15,20)(H2,14,16,17,18,19). The Morgan fingerprint density at radius 2 is 1.86 bits per heavy atom. The second-order valence-corrected chi connectivity index (χ2v) is 4.95. The summed E-state index contributed by atoms with van der Waals surface area (Å²) >= 11 is 0. The fraction of sp³-hybridized carbons (Fsp3) is 0.692. The van der Waals surface area contributed by atoms with Gasteiger partial charge in [-0.25, -0.2) is 0 Å². The van der Waals surface area contributed by atoms with E-state index in [9.17, 15) is 4.79 Å². The molecule has 118 valence electrons. The van der Waals surface area contributed by atoms with E-state index in [0.29, 0.717) is 24.4 Å². The smallest absolute Gasteiger partial charge is 0.322 e. The van der Waals surface area contributed by atoms with Crippen molar-refractivity contribution < 1.29 is 9.53 Å². The monoisotopic (exact) mass is 296 g/mol. The van der Waals surface area contributed by atoms with Crippen LogP contribution >= 0.6 is 0 Å². The predicted molar refractivity (Wildman–Crippen MR) is 81.5 cm³/mol. The number of hydrogen-bond donors (Lipinski definition) is 3. The van der Waals surface area contributed by atoms with Crippen molar-refractivity contribution >= 4 is 17.8 Å². The van der Waals surface area contributed by atoms with Crippen LogP contribution in [0.3, 0.4) is 0 Å². The van der Waals surface area contributed by atoms with E-state index >= 15 is 0 Å². The summed E-state index contributed by atoms with van der Waals surface area (Å²) in [7, 11) is 1.48. The Balaban J connectivity index is 2.58. The van der Waals surface area contributed by atoms with Gasteiger partial charge in [0.15, 0.2) is 0 Å². The molecule has 0 fully saturated rings. The minimum Gasteiger partial charge on any atom is -0.467 e. The third kappa shape index (κ3) is 6.73. The van der Waals surface area contributed by atoms with Crippen LogP contribution in [0.1, 0.15) is 27.2 Å². The van der Waals surface area contributed by atoms with E-state index in [4.69, 9.17) is 4.74 Å². The molecule has 21 heavy (non-hydrogen) atoms. The molecule has 1 heterocycles. The van der Waals surface area contributed by atoms with Gasteiger partial charge in [-0.15, -0.1) is 0 Å². The topological polar surface area (TPSA) is 101 Å². The summed E-state index contributed by atoms with van der Waals surface area (Å²) in [6, 6.07) is 0.202. The third-order valence-electron chi connectivity index (χ3n) is 2.45. The van der Waals surface area contributed by atoms with Crippen LogP contribution in [0.25, 0.3) is 0 Å². The van der Waals surface area contributed by atoms with E-state index in [1.54, 1.807) is 0 Å². The largest absolute Gasteiger partial charge is 0.467 e. The van der Waals surface area contributed by atoms with Gasteiger partial charge in [0.1, 0.15) is 0 Å². The van der Waals surface area contributed by atoms with Crippen molar-refractivity contribution in [1.29, 1.82) is 0 Å². The maximum Gasteiger partial charge on any atom is 0.322 e. The van der Waals surface area contributed by atoms with Crippen molar-refractivity contribution in [3.05, 3.63) is 0 Å². The molecule has 0 unspecified atom stereocenters. The van der Waals surface area contributed by atoms with Gasteiger partial charge in [-0.1, -0.05) is 20.8 Å². The molecule has 1 aromatic heterocycles. The molecule has 0 aliphatic rings. The van der Waals surface area contributed by atoms with Crippen molar-refractivity contribution in [1.82, 2.24) is 20.3 Å². The van der Waals surface area contributed by atoms with Crippen molar-refractivity contribution in [3.63, 3.8) is 0 Å². The first-order valence-electron chi connectivity index (χ1n) is 7.09. The van der Waals surface area contributed by atoms with Crippen LogP contribution in [-0.4, -0.2) is 47.6 Å². The lowest BCUT2D eigenvalue weighted by molar-refractivity contribution is -0.119. The van der Waals surface area contributed by atoms with Gasteiger partial charge >= 0.3 is 6.01 Å². The minimum atomic E-state index is -0.105. The highest BCUT2D eigenvalue weighted by Crippen LogP contribution is 2.10. The first kappa shape index (κ1) is 16.9. The number of hydrogen-bond acceptors (Lipinski definition) is 7. The summed E-state index contributed by atoms with van der Waals surface area (Å²) in [6.07, 6.45) is 0.953. The van der Waals surface area contributed by atoms with Crippen LogP contribution < -0.4 is 20.7 Å². The van der Waals surface area contributed by atoms with Crippen LogP contribution in [-0.2, 0) is 4.79 Å². The lowest BCUT2D eigenvalue weighted by atomic mass is 10.2. The molecule has 0 radical (unpaired) electrons. The van der Waals surface area contributed by atoms with E-state index < -0.39 is 0 Å². The Morgan fingerprint density at radius 1 is 1.19 bits per heavy atom. The van der Waals surface area contributed by atoms with Crippen molar-refractivity contribution in [3.8, 4) is 6.01 Å². The molecule has 0 aliphatic heterocycles. The van der Waals surface area contributed by atoms with Crippen LogP contribution in [0.15, 0.2) is 0 Å². The van der Waals surface area contributed by atoms with Gasteiger partial charge < -0.3 is 20.7 Å². The molecule has 0 saturated heterocycles. The zero-order valence-corrected chi connectivity index (χ0v) is 13.1. The molecule has 8 heteroatoms. The Hall–Kier alpha value is -2.12. The summed E-state index contributed by atoms with van der Waals surface area (Å²) in [6.45, 7) is 7.62. The number of ether oxygens (including phenoxy) is 1. The molecule has 0 atom stereocenters. The highest BCUT2D eigenvalue weighted by atomic mass is 16.5. The van der Waals surface area contributed by atoms with Gasteiger partial charge in [-0.2, -0.15) is 15.0 Å². The second kappa shape index (κ2) is 8.93. The normalized spacial score (nSPS) is 10.3. The van der Waals surface area contributed by atoms with Gasteiger partial charge in [-0.05, 0) is 12.3 Å². The summed E-state index contributed by atoms with van der Waals surface area (Å²) in [5.74, 6) is 1.04. The van der Waals surface area contributed by atoms with Crippen molar-refractivity contribution in [2.75, 3.05) is 37.4 Å². The third-order valence-corrected chi connectivity index (χ3v) is 2.45. The van der Waals surface area contributed by atoms with Crippen LogP contribution in [0.5, 0.6) is 6.01 Å². The van der Waals surface area contributed by atoms with Crippen molar-refractivity contribution in [2.24, 2.45) is 5.92 Å². The van der Waals surface area contributed by atoms with Crippen molar-refractivity contribution in [2.45, 2.75) is 27.2 Å². The average Bonchev–Trinajstić information content (AvgIpc) is 2.48. The van der Waals surface area contributed by atoms with E-state index in [0.717, 1.165) is 13.0 Å². The number of carbonyl (C=O) groups excluding carboxylic acids is 1. The highest BCUT2D eigenvalue weighted by molar-refractivity contribution is 5.80. The highest BCUT2D eigenvalue weighted by Gasteiger charge is 2.08. The molecule has 1 rings (SSSR count). The number of aromatic nitrogens is 3. The summed E-state index contributed by atoms with van der Waals surface area (Å²) in [5.41, 5.74) is 0. The number of nitrogens with zero attached hydrogens (tertiary/aromatic N) is 3. The van der Waals surface area contributed by atoms with E-state index in [-0.39, 0.29) is 18.5 Å². The maximum atomic E-state index is 11.6. The first-order chi connectivity index (χ1) is 10.0. The van der Waals surface area contributed by atoms with Gasteiger partial charge in [0.2, 0.25) is 17.8 Å². The Bertz CT molecular complexity index is 452. The lowest BCUT2D eigenvalue weighted by Gasteiger charge is -2.10. The molecular weight excluding hydrogens is 272 g/mol.